The molecule has 0 aliphatic carbocycles. The van der Waals surface area contributed by atoms with Crippen LogP contribution in [0.3, 0.4) is 0 Å². The Bertz CT molecular complexity index is 1160. The summed E-state index contributed by atoms with van der Waals surface area (Å²) in [5, 5.41) is 5.41. The van der Waals surface area contributed by atoms with Crippen molar-refractivity contribution in [3.05, 3.63) is 59.8 Å². The Morgan fingerprint density at radius 1 is 1.18 bits per heavy atom. The van der Waals surface area contributed by atoms with Crippen LogP contribution in [0.5, 0.6) is 5.75 Å². The van der Waals surface area contributed by atoms with Gasteiger partial charge in [0, 0.05) is 17.8 Å². The average molecular weight is 377 g/mol. The quantitative estimate of drug-likeness (QED) is 0.493. The number of nitrogens with zero attached hydrogens (tertiary/aromatic N) is 5. The van der Waals surface area contributed by atoms with E-state index in [0.29, 0.717) is 28.6 Å². The first-order chi connectivity index (χ1) is 13.5. The molecule has 4 aromatic rings. The van der Waals surface area contributed by atoms with Crippen LogP contribution < -0.4 is 4.74 Å². The molecule has 0 fully saturated rings. The number of aromatic nitrogens is 5. The molecule has 0 saturated carbocycles. The van der Waals surface area contributed by atoms with Crippen molar-refractivity contribution in [3.63, 3.8) is 0 Å². The Labute approximate surface area is 161 Å². The van der Waals surface area contributed by atoms with Crippen LogP contribution in [0.15, 0.2) is 42.7 Å². The van der Waals surface area contributed by atoms with Crippen molar-refractivity contribution in [2.75, 3.05) is 0 Å². The highest BCUT2D eigenvalue weighted by Crippen LogP contribution is 2.23. The summed E-state index contributed by atoms with van der Waals surface area (Å²) in [4.78, 5) is 25.2. The van der Waals surface area contributed by atoms with Crippen molar-refractivity contribution >= 4 is 22.6 Å². The number of aryl methyl sites for hydroxylation is 1. The first kappa shape index (κ1) is 17.8. The van der Waals surface area contributed by atoms with Crippen molar-refractivity contribution in [1.29, 1.82) is 0 Å². The number of carbonyl (C=O) groups is 1. The molecule has 0 bridgehead atoms. The fourth-order valence-electron chi connectivity index (χ4n) is 2.86. The predicted octanol–water partition coefficient (Wildman–Crippen LogP) is 3.13. The first-order valence-corrected chi connectivity index (χ1v) is 8.91. The molecule has 0 spiro atoms. The third-order valence-corrected chi connectivity index (χ3v) is 4.17. The average Bonchev–Trinajstić information content (AvgIpc) is 3.10. The van der Waals surface area contributed by atoms with Crippen molar-refractivity contribution in [1.82, 2.24) is 24.6 Å². The first-order valence-electron chi connectivity index (χ1n) is 8.91. The van der Waals surface area contributed by atoms with E-state index in [2.05, 4.69) is 20.1 Å². The monoisotopic (exact) mass is 377 g/mol. The van der Waals surface area contributed by atoms with Crippen LogP contribution in [0.1, 0.15) is 35.7 Å². The van der Waals surface area contributed by atoms with Crippen LogP contribution in [0, 0.1) is 6.92 Å². The highest BCUT2D eigenvalue weighted by Gasteiger charge is 2.17. The lowest BCUT2D eigenvalue weighted by molar-refractivity contribution is 0.0375. The number of carbonyl (C=O) groups excluding carboxylic acids is 1. The summed E-state index contributed by atoms with van der Waals surface area (Å²) in [7, 11) is 0. The fraction of sp³-hybridized carbons (Fsp3) is 0.250. The van der Waals surface area contributed by atoms with E-state index in [1.165, 1.54) is 10.7 Å². The summed E-state index contributed by atoms with van der Waals surface area (Å²) in [6.45, 7) is 5.53. The van der Waals surface area contributed by atoms with Gasteiger partial charge in [-0.25, -0.2) is 14.3 Å². The second-order valence-electron chi connectivity index (χ2n) is 6.57. The van der Waals surface area contributed by atoms with Gasteiger partial charge in [0.05, 0.1) is 17.4 Å². The van der Waals surface area contributed by atoms with E-state index in [4.69, 9.17) is 9.47 Å². The van der Waals surface area contributed by atoms with Crippen LogP contribution in [0.2, 0.25) is 0 Å². The molecule has 0 unspecified atom stereocenters. The maximum atomic E-state index is 12.2. The summed E-state index contributed by atoms with van der Waals surface area (Å²) in [5.41, 5.74) is 1.75. The smallest absolute Gasteiger partial charge is 0.341 e. The number of para-hydroxylation sites is 1. The Hall–Kier alpha value is -3.55. The normalized spacial score (nSPS) is 11.3. The van der Waals surface area contributed by atoms with Gasteiger partial charge in [0.1, 0.15) is 17.9 Å². The Balaban J connectivity index is 1.60. The molecule has 3 heterocycles. The van der Waals surface area contributed by atoms with Crippen LogP contribution in [0.25, 0.3) is 16.7 Å². The van der Waals surface area contributed by atoms with Gasteiger partial charge in [-0.2, -0.15) is 4.98 Å². The van der Waals surface area contributed by atoms with Gasteiger partial charge in [-0.1, -0.05) is 18.2 Å². The number of rotatable bonds is 5. The van der Waals surface area contributed by atoms with Crippen molar-refractivity contribution in [2.45, 2.75) is 33.5 Å². The zero-order valence-electron chi connectivity index (χ0n) is 15.8. The van der Waals surface area contributed by atoms with E-state index in [1.807, 2.05) is 30.3 Å². The number of benzene rings is 1. The minimum Gasteiger partial charge on any atom is -0.483 e. The maximum Gasteiger partial charge on any atom is 0.341 e. The summed E-state index contributed by atoms with van der Waals surface area (Å²) in [5.74, 6) is 1.08. The highest BCUT2D eigenvalue weighted by atomic mass is 16.5. The van der Waals surface area contributed by atoms with Gasteiger partial charge in [-0.15, -0.1) is 5.10 Å². The number of pyridine rings is 1. The second kappa shape index (κ2) is 7.22. The number of esters is 1. The zero-order chi connectivity index (χ0) is 19.7. The van der Waals surface area contributed by atoms with Gasteiger partial charge in [-0.05, 0) is 32.9 Å². The van der Waals surface area contributed by atoms with E-state index < -0.39 is 5.97 Å². The molecule has 0 saturated heterocycles. The molecule has 1 aromatic carbocycles. The van der Waals surface area contributed by atoms with E-state index in [9.17, 15) is 4.79 Å². The third kappa shape index (κ3) is 3.36. The molecule has 0 N–H and O–H groups in total. The number of ether oxygens (including phenoxy) is 2. The number of hydrogen-bond acceptors (Lipinski definition) is 7. The van der Waals surface area contributed by atoms with Gasteiger partial charge in [0.25, 0.3) is 5.78 Å². The Kier molecular flexibility index (Phi) is 4.60. The molecule has 8 heteroatoms. The van der Waals surface area contributed by atoms with Gasteiger partial charge < -0.3 is 9.47 Å². The molecule has 28 heavy (non-hydrogen) atoms. The molecule has 8 nitrogen and oxygen atoms in total. The predicted molar refractivity (Wildman–Crippen MR) is 102 cm³/mol. The zero-order valence-corrected chi connectivity index (χ0v) is 15.8. The SMILES string of the molecule is Cc1c(C(=O)OC(C)C)cnc2nc(COc3cccc4cccnc34)nn12. The molecular weight excluding hydrogens is 358 g/mol. The molecule has 3 aromatic heterocycles. The van der Waals surface area contributed by atoms with Crippen molar-refractivity contribution in [2.24, 2.45) is 0 Å². The van der Waals surface area contributed by atoms with Crippen LogP contribution in [0.4, 0.5) is 0 Å². The lowest BCUT2D eigenvalue weighted by Crippen LogP contribution is -2.15. The molecule has 142 valence electrons. The van der Waals surface area contributed by atoms with E-state index in [0.717, 1.165) is 10.9 Å². The highest BCUT2D eigenvalue weighted by molar-refractivity contribution is 5.90. The Morgan fingerprint density at radius 3 is 2.82 bits per heavy atom. The lowest BCUT2D eigenvalue weighted by Gasteiger charge is -2.09. The molecule has 0 aliphatic rings. The summed E-state index contributed by atoms with van der Waals surface area (Å²) >= 11 is 0. The fourth-order valence-corrected chi connectivity index (χ4v) is 2.86. The van der Waals surface area contributed by atoms with Gasteiger partial charge >= 0.3 is 5.97 Å². The van der Waals surface area contributed by atoms with E-state index in [-0.39, 0.29) is 12.7 Å². The third-order valence-electron chi connectivity index (χ3n) is 4.17. The summed E-state index contributed by atoms with van der Waals surface area (Å²) < 4.78 is 12.7. The van der Waals surface area contributed by atoms with Crippen molar-refractivity contribution in [3.8, 4) is 5.75 Å². The minimum atomic E-state index is -0.433. The van der Waals surface area contributed by atoms with Gasteiger partial charge in [0.2, 0.25) is 0 Å². The molecular formula is C20H19N5O3. The van der Waals surface area contributed by atoms with Crippen LogP contribution >= 0.6 is 0 Å². The van der Waals surface area contributed by atoms with Crippen LogP contribution in [-0.2, 0) is 11.3 Å². The number of fused-ring (bicyclic) bond motifs is 2. The van der Waals surface area contributed by atoms with Gasteiger partial charge in [-0.3, -0.25) is 4.98 Å². The van der Waals surface area contributed by atoms with Crippen LogP contribution in [-0.4, -0.2) is 36.6 Å². The topological polar surface area (TPSA) is 91.5 Å². The maximum absolute atomic E-state index is 12.2. The second-order valence-corrected chi connectivity index (χ2v) is 6.57. The van der Waals surface area contributed by atoms with E-state index in [1.54, 1.807) is 27.0 Å². The lowest BCUT2D eigenvalue weighted by atomic mass is 10.2. The van der Waals surface area contributed by atoms with Gasteiger partial charge in [0.15, 0.2) is 5.82 Å². The summed E-state index contributed by atoms with van der Waals surface area (Å²) in [6.07, 6.45) is 2.98. The molecule has 4 rings (SSSR count). The standard InChI is InChI=1S/C20H19N5O3/c1-12(2)28-19(26)15-10-22-20-23-17(24-25(20)13(15)3)11-27-16-8-4-6-14-7-5-9-21-18(14)16/h4-10,12H,11H2,1-3H3. The van der Waals surface area contributed by atoms with E-state index >= 15 is 0 Å². The number of hydrogen-bond donors (Lipinski definition) is 0. The Morgan fingerprint density at radius 2 is 2.00 bits per heavy atom. The molecule has 0 atom stereocenters. The molecule has 0 aliphatic heterocycles. The summed E-state index contributed by atoms with van der Waals surface area (Å²) in [6, 6.07) is 9.60. The molecule has 0 radical (unpaired) electrons. The minimum absolute atomic E-state index is 0.157. The molecule has 0 amide bonds. The largest absolute Gasteiger partial charge is 0.483 e. The van der Waals surface area contributed by atoms with Crippen molar-refractivity contribution < 1.29 is 14.3 Å².